The van der Waals surface area contributed by atoms with Gasteiger partial charge in [0.2, 0.25) is 23.6 Å². The van der Waals surface area contributed by atoms with Crippen LogP contribution in [0.3, 0.4) is 0 Å². The quantitative estimate of drug-likeness (QED) is 0.132. The average molecular weight is 478 g/mol. The normalized spacial score (nSPS) is 26.5. The number of hydrogen-bond donors (Lipinski definition) is 8. The van der Waals surface area contributed by atoms with E-state index in [1.807, 2.05) is 0 Å². The van der Waals surface area contributed by atoms with Crippen LogP contribution < -0.4 is 21.7 Å². The molecule has 1 aliphatic heterocycles. The maximum Gasteiger partial charge on any atom is 0.303 e. The molecule has 1 rings (SSSR count). The molecule has 0 aromatic rings. The molecule has 0 radical (unpaired) electrons. The van der Waals surface area contributed by atoms with Crippen molar-refractivity contribution in [1.82, 2.24) is 16.0 Å². The maximum absolute atomic E-state index is 12.2. The van der Waals surface area contributed by atoms with E-state index in [1.54, 1.807) is 0 Å². The number of amides is 4. The van der Waals surface area contributed by atoms with Crippen LogP contribution >= 0.6 is 0 Å². The molecule has 1 aliphatic rings. The molecule has 0 unspecified atom stereocenters. The van der Waals surface area contributed by atoms with Crippen LogP contribution in [0.25, 0.3) is 0 Å². The van der Waals surface area contributed by atoms with Crippen molar-refractivity contribution in [2.24, 2.45) is 5.73 Å². The van der Waals surface area contributed by atoms with E-state index in [0.29, 0.717) is 0 Å². The van der Waals surface area contributed by atoms with Crippen molar-refractivity contribution in [1.29, 1.82) is 0 Å². The van der Waals surface area contributed by atoms with E-state index >= 15 is 0 Å². The molecule has 9 N–H and O–H groups in total. The van der Waals surface area contributed by atoms with Crippen molar-refractivity contribution in [2.75, 3.05) is 13.2 Å². The van der Waals surface area contributed by atoms with Gasteiger partial charge in [0.1, 0.15) is 43.0 Å². The van der Waals surface area contributed by atoms with Crippen molar-refractivity contribution in [3.8, 4) is 0 Å². The summed E-state index contributed by atoms with van der Waals surface area (Å²) >= 11 is 0. The lowest BCUT2D eigenvalue weighted by Gasteiger charge is -2.42. The van der Waals surface area contributed by atoms with E-state index in [2.05, 4.69) is 16.0 Å². The maximum atomic E-state index is 12.2. The van der Waals surface area contributed by atoms with Crippen LogP contribution in [0.15, 0.2) is 0 Å². The van der Waals surface area contributed by atoms with Crippen molar-refractivity contribution in [2.45, 2.75) is 69.4 Å². The van der Waals surface area contributed by atoms with Crippen LogP contribution in [0.1, 0.15) is 26.7 Å². The third kappa shape index (κ3) is 8.89. The first-order valence-electron chi connectivity index (χ1n) is 9.99. The molecule has 1 heterocycles. The number of carboxylic acid groups (broad SMARTS) is 1. The van der Waals surface area contributed by atoms with E-state index in [9.17, 15) is 39.3 Å². The summed E-state index contributed by atoms with van der Waals surface area (Å²) in [5.41, 5.74) is 5.14. The number of carbonyl (C=O) groups excluding carboxylic acids is 4. The number of nitrogens with two attached hydrogens (primary N) is 1. The van der Waals surface area contributed by atoms with Gasteiger partial charge in [-0.2, -0.15) is 0 Å². The number of hydrogen-bond acceptors (Lipinski definition) is 10. The third-order valence-electron chi connectivity index (χ3n) is 4.73. The predicted octanol–water partition coefficient (Wildman–Crippen LogP) is -4.71. The second-order valence-corrected chi connectivity index (χ2v) is 7.43. The molecule has 1 fully saturated rings. The summed E-state index contributed by atoms with van der Waals surface area (Å²) in [7, 11) is 0. The molecule has 0 aromatic carbocycles. The fraction of sp³-hybridized carbons (Fsp3) is 0.722. The van der Waals surface area contributed by atoms with Gasteiger partial charge in [0.25, 0.3) is 0 Å². The predicted molar refractivity (Wildman–Crippen MR) is 107 cm³/mol. The van der Waals surface area contributed by atoms with E-state index in [-0.39, 0.29) is 6.42 Å². The Labute approximate surface area is 188 Å². The summed E-state index contributed by atoms with van der Waals surface area (Å²) in [5.74, 6) is -4.34. The summed E-state index contributed by atoms with van der Waals surface area (Å²) in [4.78, 5) is 57.8. The number of rotatable bonds is 12. The van der Waals surface area contributed by atoms with Crippen molar-refractivity contribution in [3.05, 3.63) is 0 Å². The highest BCUT2D eigenvalue weighted by molar-refractivity contribution is 5.91. The van der Waals surface area contributed by atoms with E-state index < -0.39 is 92.0 Å². The number of aliphatic hydroxyl groups is 3. The minimum Gasteiger partial charge on any atom is -0.481 e. The van der Waals surface area contributed by atoms with Gasteiger partial charge in [0.15, 0.2) is 6.29 Å². The van der Waals surface area contributed by atoms with Crippen molar-refractivity contribution in [3.63, 3.8) is 0 Å². The average Bonchev–Trinajstić information content (AvgIpc) is 2.72. The van der Waals surface area contributed by atoms with E-state index in [0.717, 1.165) is 6.92 Å². The second kappa shape index (κ2) is 13.0. The first-order valence-corrected chi connectivity index (χ1v) is 9.99. The largest absolute Gasteiger partial charge is 0.481 e. The van der Waals surface area contributed by atoms with Crippen LogP contribution in [0.5, 0.6) is 0 Å². The Hall–Kier alpha value is -2.85. The molecule has 15 heteroatoms. The monoisotopic (exact) mass is 478 g/mol. The van der Waals surface area contributed by atoms with Gasteiger partial charge in [0.05, 0.1) is 6.61 Å². The number of carboxylic acids is 1. The number of nitrogens with one attached hydrogen (secondary N) is 3. The topological polar surface area (TPSA) is 247 Å². The van der Waals surface area contributed by atoms with Gasteiger partial charge in [-0.3, -0.25) is 24.0 Å². The van der Waals surface area contributed by atoms with Crippen molar-refractivity contribution < 1.29 is 53.9 Å². The van der Waals surface area contributed by atoms with Gasteiger partial charge in [-0.1, -0.05) is 0 Å². The fourth-order valence-corrected chi connectivity index (χ4v) is 3.04. The molecule has 0 aliphatic carbocycles. The Morgan fingerprint density at radius 2 is 1.79 bits per heavy atom. The van der Waals surface area contributed by atoms with Gasteiger partial charge in [-0.05, 0) is 13.3 Å². The van der Waals surface area contributed by atoms with Crippen LogP contribution in [-0.2, 0) is 33.4 Å². The van der Waals surface area contributed by atoms with E-state index in [4.69, 9.17) is 20.3 Å². The molecule has 7 atom stereocenters. The highest BCUT2D eigenvalue weighted by Crippen LogP contribution is 2.22. The van der Waals surface area contributed by atoms with Crippen LogP contribution in [0.2, 0.25) is 0 Å². The van der Waals surface area contributed by atoms with E-state index in [1.165, 1.54) is 6.92 Å². The molecule has 188 valence electrons. The summed E-state index contributed by atoms with van der Waals surface area (Å²) in [6.07, 6.45) is -6.36. The minimum atomic E-state index is -1.64. The van der Waals surface area contributed by atoms with Crippen molar-refractivity contribution >= 4 is 29.6 Å². The Morgan fingerprint density at radius 1 is 1.15 bits per heavy atom. The lowest BCUT2D eigenvalue weighted by Crippen LogP contribution is -2.65. The molecule has 0 saturated carbocycles. The lowest BCUT2D eigenvalue weighted by molar-refractivity contribution is -0.261. The Morgan fingerprint density at radius 3 is 2.30 bits per heavy atom. The highest BCUT2D eigenvalue weighted by Gasteiger charge is 2.46. The first kappa shape index (κ1) is 28.2. The molecule has 0 aromatic heterocycles. The zero-order valence-electron chi connectivity index (χ0n) is 18.1. The summed E-state index contributed by atoms with van der Waals surface area (Å²) in [6.45, 7) is 1.06. The number of aliphatic hydroxyl groups excluding tert-OH is 3. The zero-order valence-corrected chi connectivity index (χ0v) is 18.1. The molecule has 0 bridgehead atoms. The second-order valence-electron chi connectivity index (χ2n) is 7.43. The molecule has 33 heavy (non-hydrogen) atoms. The van der Waals surface area contributed by atoms with Gasteiger partial charge in [-0.15, -0.1) is 0 Å². The lowest BCUT2D eigenvalue weighted by atomic mass is 9.96. The summed E-state index contributed by atoms with van der Waals surface area (Å²) < 4.78 is 10.4. The molecular weight excluding hydrogens is 448 g/mol. The molecular formula is C18H30N4O11. The molecule has 4 amide bonds. The van der Waals surface area contributed by atoms with Gasteiger partial charge in [0, 0.05) is 13.3 Å². The molecule has 15 nitrogen and oxygen atoms in total. The molecule has 1 saturated heterocycles. The number of ether oxygens (including phenoxy) is 2. The van der Waals surface area contributed by atoms with Crippen LogP contribution in [-0.4, -0.2) is 106 Å². The van der Waals surface area contributed by atoms with Crippen LogP contribution in [0, 0.1) is 0 Å². The first-order chi connectivity index (χ1) is 15.4. The van der Waals surface area contributed by atoms with Gasteiger partial charge < -0.3 is 51.6 Å². The fourth-order valence-electron chi connectivity index (χ4n) is 3.04. The smallest absolute Gasteiger partial charge is 0.303 e. The zero-order chi connectivity index (χ0) is 25.3. The number of aliphatic carboxylic acids is 1. The number of carbonyl (C=O) groups is 5. The Balaban J connectivity index is 2.69. The molecule has 0 spiro atoms. The Bertz CT molecular complexity index is 734. The summed E-state index contributed by atoms with van der Waals surface area (Å²) in [5, 5.41) is 45.1. The standard InChI is InChI=1S/C18H30N4O11/c1-7(17(30)22-9(16(19)29)3-4-12(26)27)20-11(25)6-32-15-13(21-8(2)24)18(31)33-10(5-23)14(15)28/h7,9-10,13-15,18,23,28,31H,3-6H2,1-2H3,(H2,19,29)(H,20,25)(H,21,24)(H,22,30)(H,26,27)/t7-,9+,10+,13+,14+,15+,18+/m0/s1. The highest BCUT2D eigenvalue weighted by atomic mass is 16.6. The van der Waals surface area contributed by atoms with Gasteiger partial charge >= 0.3 is 5.97 Å². The summed E-state index contributed by atoms with van der Waals surface area (Å²) in [6, 6.07) is -3.68. The third-order valence-corrected chi connectivity index (χ3v) is 4.73. The minimum absolute atomic E-state index is 0.235. The Kier molecular flexibility index (Phi) is 11.1. The van der Waals surface area contributed by atoms with Gasteiger partial charge in [-0.25, -0.2) is 0 Å². The SMILES string of the molecule is CC(=O)N[C@@H]1[C@@H](OCC(=O)N[C@@H](C)C(=O)N[C@H](CCC(=O)O)C(N)=O)[C@H](O)[C@@H](CO)O[C@H]1O. The van der Waals surface area contributed by atoms with Crippen LogP contribution in [0.4, 0.5) is 0 Å². The number of primary amides is 1.